The summed E-state index contributed by atoms with van der Waals surface area (Å²) in [5, 5.41) is 13.5. The standard InChI is InChI=1S/C18H21NO2/c1-21-18-8-3-2-5-13(18)11-12-19-16-10-9-15-14(16)6-4-7-17(15)20/h2-8,16,19-20H,9-12H2,1H3. The number of methoxy groups -OCH3 is 1. The maximum absolute atomic E-state index is 9.88. The molecule has 0 aliphatic heterocycles. The molecule has 0 heterocycles. The Morgan fingerprint density at radius 1 is 1.19 bits per heavy atom. The summed E-state index contributed by atoms with van der Waals surface area (Å²) < 4.78 is 5.38. The molecular formula is C18H21NO2. The summed E-state index contributed by atoms with van der Waals surface area (Å²) in [7, 11) is 1.71. The van der Waals surface area contributed by atoms with E-state index in [2.05, 4.69) is 17.4 Å². The first-order chi connectivity index (χ1) is 10.3. The highest BCUT2D eigenvalue weighted by Crippen LogP contribution is 2.36. The van der Waals surface area contributed by atoms with Crippen LogP contribution in [0.25, 0.3) is 0 Å². The van der Waals surface area contributed by atoms with Gasteiger partial charge in [0.1, 0.15) is 11.5 Å². The van der Waals surface area contributed by atoms with Gasteiger partial charge in [-0.3, -0.25) is 0 Å². The summed E-state index contributed by atoms with van der Waals surface area (Å²) in [5.74, 6) is 1.38. The van der Waals surface area contributed by atoms with E-state index in [0.717, 1.165) is 37.1 Å². The number of phenolic OH excluding ortho intramolecular Hbond substituents is 1. The highest BCUT2D eigenvalue weighted by atomic mass is 16.5. The van der Waals surface area contributed by atoms with E-state index in [9.17, 15) is 5.11 Å². The second-order valence-corrected chi connectivity index (χ2v) is 5.45. The molecule has 2 aromatic rings. The molecule has 0 fully saturated rings. The first-order valence-corrected chi connectivity index (χ1v) is 7.45. The Morgan fingerprint density at radius 3 is 2.90 bits per heavy atom. The Hall–Kier alpha value is -2.00. The lowest BCUT2D eigenvalue weighted by molar-refractivity contribution is 0.408. The van der Waals surface area contributed by atoms with Crippen molar-refractivity contribution in [3.63, 3.8) is 0 Å². The quantitative estimate of drug-likeness (QED) is 0.885. The van der Waals surface area contributed by atoms with Gasteiger partial charge < -0.3 is 15.2 Å². The molecule has 1 unspecified atom stereocenters. The summed E-state index contributed by atoms with van der Waals surface area (Å²) in [4.78, 5) is 0. The van der Waals surface area contributed by atoms with Crippen LogP contribution in [0.4, 0.5) is 0 Å². The van der Waals surface area contributed by atoms with E-state index < -0.39 is 0 Å². The topological polar surface area (TPSA) is 41.5 Å². The number of ether oxygens (including phenoxy) is 1. The fourth-order valence-corrected chi connectivity index (χ4v) is 3.14. The van der Waals surface area contributed by atoms with E-state index in [0.29, 0.717) is 11.8 Å². The van der Waals surface area contributed by atoms with Crippen molar-refractivity contribution in [1.29, 1.82) is 0 Å². The van der Waals surface area contributed by atoms with Crippen LogP contribution in [0.3, 0.4) is 0 Å². The summed E-state index contributed by atoms with van der Waals surface area (Å²) in [6.45, 7) is 0.903. The van der Waals surface area contributed by atoms with E-state index in [1.165, 1.54) is 11.1 Å². The fourth-order valence-electron chi connectivity index (χ4n) is 3.14. The number of aromatic hydroxyl groups is 1. The molecule has 1 aliphatic carbocycles. The largest absolute Gasteiger partial charge is 0.508 e. The third-order valence-electron chi connectivity index (χ3n) is 4.22. The van der Waals surface area contributed by atoms with Crippen LogP contribution >= 0.6 is 0 Å². The van der Waals surface area contributed by atoms with Gasteiger partial charge in [0, 0.05) is 6.04 Å². The molecule has 3 nitrogen and oxygen atoms in total. The van der Waals surface area contributed by atoms with Crippen molar-refractivity contribution in [2.24, 2.45) is 0 Å². The molecule has 0 saturated heterocycles. The third kappa shape index (κ3) is 2.88. The van der Waals surface area contributed by atoms with E-state index >= 15 is 0 Å². The van der Waals surface area contributed by atoms with Crippen molar-refractivity contribution in [3.8, 4) is 11.5 Å². The van der Waals surface area contributed by atoms with Crippen LogP contribution in [0.15, 0.2) is 42.5 Å². The molecule has 0 aromatic heterocycles. The first kappa shape index (κ1) is 14.0. The molecule has 3 heteroatoms. The van der Waals surface area contributed by atoms with Gasteiger partial charge in [-0.25, -0.2) is 0 Å². The molecular weight excluding hydrogens is 262 g/mol. The first-order valence-electron chi connectivity index (χ1n) is 7.45. The van der Waals surface area contributed by atoms with Gasteiger partial charge >= 0.3 is 0 Å². The molecule has 21 heavy (non-hydrogen) atoms. The van der Waals surface area contributed by atoms with E-state index in [4.69, 9.17) is 4.74 Å². The molecule has 0 amide bonds. The number of para-hydroxylation sites is 1. The fraction of sp³-hybridized carbons (Fsp3) is 0.333. The average Bonchev–Trinajstić information content (AvgIpc) is 2.93. The van der Waals surface area contributed by atoms with Gasteiger partial charge in [0.25, 0.3) is 0 Å². The van der Waals surface area contributed by atoms with Crippen molar-refractivity contribution >= 4 is 0 Å². The highest BCUT2D eigenvalue weighted by molar-refractivity contribution is 5.44. The maximum atomic E-state index is 9.88. The summed E-state index contributed by atoms with van der Waals surface area (Å²) >= 11 is 0. The minimum Gasteiger partial charge on any atom is -0.508 e. The number of nitrogens with one attached hydrogen (secondary N) is 1. The molecule has 1 atom stereocenters. The minimum absolute atomic E-state index is 0.349. The minimum atomic E-state index is 0.349. The third-order valence-corrected chi connectivity index (χ3v) is 4.22. The van der Waals surface area contributed by atoms with Crippen molar-refractivity contribution in [2.45, 2.75) is 25.3 Å². The van der Waals surface area contributed by atoms with Gasteiger partial charge in [0.15, 0.2) is 0 Å². The lowest BCUT2D eigenvalue weighted by Gasteiger charge is -2.15. The van der Waals surface area contributed by atoms with E-state index in [1.807, 2.05) is 24.3 Å². The second kappa shape index (κ2) is 6.19. The molecule has 3 rings (SSSR count). The molecule has 0 bridgehead atoms. The SMILES string of the molecule is COc1ccccc1CCNC1CCc2c(O)cccc21. The van der Waals surface area contributed by atoms with Gasteiger partial charge in [-0.05, 0) is 54.6 Å². The predicted octanol–water partition coefficient (Wildman–Crippen LogP) is 3.22. The van der Waals surface area contributed by atoms with Crippen molar-refractivity contribution in [2.75, 3.05) is 13.7 Å². The van der Waals surface area contributed by atoms with Gasteiger partial charge in [-0.15, -0.1) is 0 Å². The Balaban J connectivity index is 1.62. The summed E-state index contributed by atoms with van der Waals surface area (Å²) in [6, 6.07) is 14.3. The zero-order chi connectivity index (χ0) is 14.7. The maximum Gasteiger partial charge on any atom is 0.122 e. The van der Waals surface area contributed by atoms with Crippen LogP contribution < -0.4 is 10.1 Å². The zero-order valence-corrected chi connectivity index (χ0v) is 12.3. The number of rotatable bonds is 5. The number of phenols is 1. The normalized spacial score (nSPS) is 16.7. The van der Waals surface area contributed by atoms with E-state index in [1.54, 1.807) is 13.2 Å². The predicted molar refractivity (Wildman–Crippen MR) is 83.9 cm³/mol. The van der Waals surface area contributed by atoms with Gasteiger partial charge in [0.2, 0.25) is 0 Å². The second-order valence-electron chi connectivity index (χ2n) is 5.45. The Labute approximate surface area is 125 Å². The highest BCUT2D eigenvalue weighted by Gasteiger charge is 2.23. The van der Waals surface area contributed by atoms with Crippen LogP contribution in [0.2, 0.25) is 0 Å². The number of fused-ring (bicyclic) bond motifs is 1. The molecule has 0 saturated carbocycles. The molecule has 0 radical (unpaired) electrons. The molecule has 110 valence electrons. The number of hydrogen-bond donors (Lipinski definition) is 2. The van der Waals surface area contributed by atoms with Gasteiger partial charge in [-0.2, -0.15) is 0 Å². The van der Waals surface area contributed by atoms with Crippen LogP contribution in [-0.4, -0.2) is 18.8 Å². The van der Waals surface area contributed by atoms with Crippen LogP contribution in [-0.2, 0) is 12.8 Å². The van der Waals surface area contributed by atoms with Crippen molar-refractivity contribution in [3.05, 3.63) is 59.2 Å². The molecule has 2 aromatic carbocycles. The summed E-state index contributed by atoms with van der Waals surface area (Å²) in [6.07, 6.45) is 2.95. The van der Waals surface area contributed by atoms with E-state index in [-0.39, 0.29) is 0 Å². The average molecular weight is 283 g/mol. The summed E-state index contributed by atoms with van der Waals surface area (Å²) in [5.41, 5.74) is 3.57. The molecule has 2 N–H and O–H groups in total. The molecule has 1 aliphatic rings. The molecule has 0 spiro atoms. The Morgan fingerprint density at radius 2 is 2.05 bits per heavy atom. The van der Waals surface area contributed by atoms with Crippen LogP contribution in [0, 0.1) is 0 Å². The lowest BCUT2D eigenvalue weighted by atomic mass is 10.1. The Bertz CT molecular complexity index is 624. The monoisotopic (exact) mass is 283 g/mol. The van der Waals surface area contributed by atoms with Crippen molar-refractivity contribution < 1.29 is 9.84 Å². The van der Waals surface area contributed by atoms with Crippen molar-refractivity contribution in [1.82, 2.24) is 5.32 Å². The lowest BCUT2D eigenvalue weighted by Crippen LogP contribution is -2.22. The number of hydrogen-bond acceptors (Lipinski definition) is 3. The van der Waals surface area contributed by atoms with Crippen LogP contribution in [0.1, 0.15) is 29.2 Å². The smallest absolute Gasteiger partial charge is 0.122 e. The zero-order valence-electron chi connectivity index (χ0n) is 12.3. The van der Waals surface area contributed by atoms with Crippen LogP contribution in [0.5, 0.6) is 11.5 Å². The number of benzene rings is 2. The Kier molecular flexibility index (Phi) is 4.11. The van der Waals surface area contributed by atoms with Gasteiger partial charge in [-0.1, -0.05) is 30.3 Å². The van der Waals surface area contributed by atoms with Gasteiger partial charge in [0.05, 0.1) is 7.11 Å².